The Balaban J connectivity index is 0.910. The summed E-state index contributed by atoms with van der Waals surface area (Å²) in [5.74, 6) is -2.78. The molecule has 20 heteroatoms. The average Bonchev–Trinajstić information content (AvgIpc) is 3.68. The van der Waals surface area contributed by atoms with Crippen LogP contribution in [0, 0.1) is 18.7 Å². The summed E-state index contributed by atoms with van der Waals surface area (Å²) in [7, 11) is 0. The van der Waals surface area contributed by atoms with Crippen molar-refractivity contribution in [3.8, 4) is 11.4 Å². The number of aromatic nitrogens is 2. The normalized spacial score (nSPS) is 19.5. The third-order valence-electron chi connectivity index (χ3n) is 14.1. The van der Waals surface area contributed by atoms with Gasteiger partial charge in [-0.15, -0.1) is 0 Å². The Morgan fingerprint density at radius 3 is 2.43 bits per heavy atom. The molecule has 0 radical (unpaired) electrons. The number of benzene rings is 2. The number of carbonyl (C=O) groups is 6. The molecule has 2 aromatic heterocycles. The lowest BCUT2D eigenvalue weighted by Gasteiger charge is -2.40. The number of hydrogen-bond acceptors (Lipinski definition) is 13. The van der Waals surface area contributed by atoms with Gasteiger partial charge in [-0.2, -0.15) is 0 Å². The van der Waals surface area contributed by atoms with Gasteiger partial charge in [0.2, 0.25) is 17.7 Å². The predicted octanol–water partition coefficient (Wildman–Crippen LogP) is 5.14. The van der Waals surface area contributed by atoms with Gasteiger partial charge in [0.1, 0.15) is 36.7 Å². The Morgan fingerprint density at radius 2 is 1.76 bits per heavy atom. The highest BCUT2D eigenvalue weighted by Gasteiger charge is 2.46. The Hall–Kier alpha value is -6.93. The first-order valence-corrected chi connectivity index (χ1v) is 24.6. The SMILES string of the molecule is CC[C@]1(O)C(=O)OCc2c1cc1n(c2=O)Cc2c-1nc1cc(F)c(C)c3c1c2[C@H](NC(=O)[C@H]1CCN1C(=O)OCc1ccc(NC(=O)[C@H](CCCCNC(=O)OC(C)(C)C)NC(=O)[C@@H](N)C(C)C)cc1)CC3. The minimum absolute atomic E-state index is 0.0324. The molecule has 4 aromatic rings. The largest absolute Gasteiger partial charge is 0.458 e. The molecule has 384 valence electrons. The number of anilines is 1. The second-order valence-electron chi connectivity index (χ2n) is 20.4. The van der Waals surface area contributed by atoms with Crippen LogP contribution < -0.4 is 32.6 Å². The first-order valence-electron chi connectivity index (χ1n) is 24.6. The van der Waals surface area contributed by atoms with Crippen LogP contribution in [0.25, 0.3) is 22.3 Å². The third-order valence-corrected chi connectivity index (χ3v) is 14.1. The molecule has 7 N–H and O–H groups in total. The van der Waals surface area contributed by atoms with E-state index in [9.17, 15) is 38.7 Å². The van der Waals surface area contributed by atoms with Crippen molar-refractivity contribution in [1.29, 1.82) is 0 Å². The minimum Gasteiger partial charge on any atom is -0.458 e. The number of nitrogens with zero attached hydrogens (tertiary/aromatic N) is 3. The molecule has 3 aliphatic heterocycles. The van der Waals surface area contributed by atoms with Crippen LogP contribution in [-0.4, -0.2) is 92.3 Å². The van der Waals surface area contributed by atoms with Crippen LogP contribution in [-0.2, 0) is 65.2 Å². The van der Waals surface area contributed by atoms with Crippen LogP contribution in [0.4, 0.5) is 19.7 Å². The monoisotopic (exact) mass is 994 g/mol. The van der Waals surface area contributed by atoms with Crippen LogP contribution in [0.2, 0.25) is 0 Å². The number of ether oxygens (including phenoxy) is 3. The molecule has 0 saturated carbocycles. The molecule has 0 unspecified atom stereocenters. The van der Waals surface area contributed by atoms with Crippen molar-refractivity contribution in [2.45, 2.75) is 149 Å². The molecule has 8 rings (SSSR count). The first-order chi connectivity index (χ1) is 34.1. The molecule has 0 spiro atoms. The number of hydrogen-bond donors (Lipinski definition) is 6. The van der Waals surface area contributed by atoms with E-state index in [1.165, 1.54) is 15.5 Å². The fourth-order valence-electron chi connectivity index (χ4n) is 9.80. The highest BCUT2D eigenvalue weighted by Crippen LogP contribution is 2.46. The number of nitrogens with one attached hydrogen (secondary N) is 4. The Morgan fingerprint density at radius 1 is 1.03 bits per heavy atom. The molecule has 72 heavy (non-hydrogen) atoms. The molecule has 1 aliphatic carbocycles. The zero-order valence-electron chi connectivity index (χ0n) is 41.7. The van der Waals surface area contributed by atoms with Gasteiger partial charge in [-0.1, -0.05) is 32.9 Å². The Bertz CT molecular complexity index is 2920. The molecule has 2 aromatic carbocycles. The van der Waals surface area contributed by atoms with E-state index in [0.717, 1.165) is 5.56 Å². The van der Waals surface area contributed by atoms with Gasteiger partial charge in [-0.05, 0) is 119 Å². The summed E-state index contributed by atoms with van der Waals surface area (Å²) in [5.41, 5.74) is 7.95. The number of esters is 1. The van der Waals surface area contributed by atoms with E-state index in [-0.39, 0.29) is 56.2 Å². The highest BCUT2D eigenvalue weighted by molar-refractivity contribution is 5.98. The van der Waals surface area contributed by atoms with E-state index in [0.29, 0.717) is 88.9 Å². The number of cyclic esters (lactones) is 1. The van der Waals surface area contributed by atoms with Gasteiger partial charge in [-0.3, -0.25) is 24.1 Å². The number of likely N-dealkylation sites (tertiary alicyclic amines) is 1. The quantitative estimate of drug-likeness (QED) is 0.0452. The molecule has 5 amide bonds. The van der Waals surface area contributed by atoms with Gasteiger partial charge in [-0.25, -0.2) is 23.8 Å². The summed E-state index contributed by atoms with van der Waals surface area (Å²) in [6, 6.07) is 6.40. The molecular weight excluding hydrogens is 932 g/mol. The number of carbonyl (C=O) groups excluding carboxylic acids is 6. The zero-order chi connectivity index (χ0) is 52.0. The van der Waals surface area contributed by atoms with Crippen molar-refractivity contribution in [2.24, 2.45) is 11.7 Å². The lowest BCUT2D eigenvalue weighted by atomic mass is 9.81. The van der Waals surface area contributed by atoms with Gasteiger partial charge < -0.3 is 50.9 Å². The number of amides is 5. The number of alkyl carbamates (subject to hydrolysis) is 1. The minimum atomic E-state index is -2.04. The second-order valence-corrected chi connectivity index (χ2v) is 20.4. The molecule has 19 nitrogen and oxygen atoms in total. The molecule has 5 heterocycles. The summed E-state index contributed by atoms with van der Waals surface area (Å²) in [4.78, 5) is 99.1. The third kappa shape index (κ3) is 10.1. The van der Waals surface area contributed by atoms with Crippen molar-refractivity contribution < 1.29 is 52.5 Å². The number of aryl methyl sites for hydroxylation is 1. The van der Waals surface area contributed by atoms with Crippen molar-refractivity contribution in [3.63, 3.8) is 0 Å². The maximum atomic E-state index is 15.5. The number of halogens is 1. The van der Waals surface area contributed by atoms with Crippen molar-refractivity contribution in [1.82, 2.24) is 30.4 Å². The number of pyridine rings is 2. The topological polar surface area (TPSA) is 263 Å². The molecule has 4 aliphatic rings. The predicted molar refractivity (Wildman–Crippen MR) is 262 cm³/mol. The molecule has 1 fully saturated rings. The summed E-state index contributed by atoms with van der Waals surface area (Å²) in [5, 5.41) is 23.5. The molecule has 0 bridgehead atoms. The van der Waals surface area contributed by atoms with Gasteiger partial charge in [0.05, 0.1) is 41.1 Å². The van der Waals surface area contributed by atoms with Crippen LogP contribution >= 0.6 is 0 Å². The first kappa shape index (κ1) is 51.4. The zero-order valence-corrected chi connectivity index (χ0v) is 41.7. The average molecular weight is 995 g/mol. The fraction of sp³-hybridized carbons (Fsp3) is 0.500. The molecular formula is C52H63FN8O11. The highest BCUT2D eigenvalue weighted by atomic mass is 19.1. The van der Waals surface area contributed by atoms with Crippen LogP contribution in [0.15, 0.2) is 41.2 Å². The number of fused-ring (bicyclic) bond motifs is 5. The number of aliphatic hydroxyl groups is 1. The van der Waals surface area contributed by atoms with Gasteiger partial charge >= 0.3 is 18.2 Å². The van der Waals surface area contributed by atoms with Crippen LogP contribution in [0.5, 0.6) is 0 Å². The Kier molecular flexibility index (Phi) is 14.5. The fourth-order valence-corrected chi connectivity index (χ4v) is 9.80. The van der Waals surface area contributed by atoms with Crippen molar-refractivity contribution in [2.75, 3.05) is 18.4 Å². The number of nitrogens with two attached hydrogens (primary N) is 1. The van der Waals surface area contributed by atoms with Gasteiger partial charge in [0, 0.05) is 41.4 Å². The Labute approximate surface area is 415 Å². The summed E-state index contributed by atoms with van der Waals surface area (Å²) in [6.07, 6.45) is 1.24. The maximum absolute atomic E-state index is 15.5. The lowest BCUT2D eigenvalue weighted by Crippen LogP contribution is -2.58. The van der Waals surface area contributed by atoms with E-state index in [4.69, 9.17) is 24.9 Å². The summed E-state index contributed by atoms with van der Waals surface area (Å²) in [6.45, 7) is 12.5. The maximum Gasteiger partial charge on any atom is 0.410 e. The smallest absolute Gasteiger partial charge is 0.410 e. The second kappa shape index (κ2) is 20.3. The lowest BCUT2D eigenvalue weighted by molar-refractivity contribution is -0.172. The number of rotatable bonds is 15. The van der Waals surface area contributed by atoms with Gasteiger partial charge in [0.15, 0.2) is 5.60 Å². The van der Waals surface area contributed by atoms with E-state index in [1.54, 1.807) is 65.0 Å². The van der Waals surface area contributed by atoms with E-state index >= 15 is 4.39 Å². The number of unbranched alkanes of at least 4 members (excludes halogenated alkanes) is 1. The van der Waals surface area contributed by atoms with Crippen LogP contribution in [0.1, 0.15) is 125 Å². The van der Waals surface area contributed by atoms with Crippen molar-refractivity contribution in [3.05, 3.63) is 91.5 Å². The molecule has 1 saturated heterocycles. The van der Waals surface area contributed by atoms with Gasteiger partial charge in [0.25, 0.3) is 5.56 Å². The summed E-state index contributed by atoms with van der Waals surface area (Å²) >= 11 is 0. The van der Waals surface area contributed by atoms with E-state index in [1.807, 2.05) is 13.8 Å². The standard InChI is InChI=1S/C52H63FN8O11/c1-8-52(69)33-21-39-43-31(23-61(39)47(65)32(33)25-70-48(52)66)41-35(17-16-30-27(4)34(53)22-37(57-43)40(30)41)58-45(63)38-18-20-60(38)50(68)71-24-28-12-14-29(15-13-28)56-44(62)36(59-46(64)42(54)26(2)3)11-9-10-19-55-49(67)72-51(5,6)7/h12-15,21-22,26,35-36,38,42,69H,8-11,16-20,23-25,54H2,1-7H3,(H,55,67)(H,56,62)(H,58,63)(H,59,64)/t35-,36+,38-,42+,52-/m1/s1. The van der Waals surface area contributed by atoms with E-state index < -0.39 is 82.6 Å². The summed E-state index contributed by atoms with van der Waals surface area (Å²) < 4.78 is 33.1. The molecule has 5 atom stereocenters. The van der Waals surface area contributed by atoms with Crippen LogP contribution in [0.3, 0.4) is 0 Å². The van der Waals surface area contributed by atoms with Crippen molar-refractivity contribution >= 4 is 52.5 Å². The van der Waals surface area contributed by atoms with E-state index in [2.05, 4.69) is 21.3 Å².